The Balaban J connectivity index is 2.31. The molecule has 70 valence electrons. The number of nitrogens with one attached hydrogen (secondary N) is 1. The number of aromatic amines is 1. The summed E-state index contributed by atoms with van der Waals surface area (Å²) in [5.41, 5.74) is 2.20. The van der Waals surface area contributed by atoms with E-state index in [4.69, 9.17) is 0 Å². The van der Waals surface area contributed by atoms with Crippen molar-refractivity contribution in [3.8, 4) is 11.8 Å². The van der Waals surface area contributed by atoms with Gasteiger partial charge in [-0.3, -0.25) is 0 Å². The summed E-state index contributed by atoms with van der Waals surface area (Å²) in [6.45, 7) is 0. The van der Waals surface area contributed by atoms with Gasteiger partial charge in [-0.2, -0.15) is 12.6 Å². The molecule has 0 bridgehead atoms. The van der Waals surface area contributed by atoms with Crippen LogP contribution in [0.2, 0.25) is 0 Å². The Hall–Kier alpha value is -1.33. The molecular formula is C12H11NS. The summed E-state index contributed by atoms with van der Waals surface area (Å²) in [4.78, 5) is 3.17. The second-order valence-corrected chi connectivity index (χ2v) is 3.50. The molecular weight excluding hydrogens is 190 g/mol. The van der Waals surface area contributed by atoms with Gasteiger partial charge in [-0.25, -0.2) is 0 Å². The van der Waals surface area contributed by atoms with Gasteiger partial charge in [0.05, 0.1) is 0 Å². The summed E-state index contributed by atoms with van der Waals surface area (Å²) in [5, 5.41) is 1.23. The van der Waals surface area contributed by atoms with Gasteiger partial charge in [0.1, 0.15) is 0 Å². The van der Waals surface area contributed by atoms with E-state index in [1.165, 1.54) is 5.39 Å². The first-order valence-corrected chi connectivity index (χ1v) is 5.20. The lowest BCUT2D eigenvalue weighted by atomic mass is 10.2. The Labute approximate surface area is 88.9 Å². The van der Waals surface area contributed by atoms with E-state index in [0.717, 1.165) is 23.3 Å². The average molecular weight is 201 g/mol. The van der Waals surface area contributed by atoms with E-state index in [1.54, 1.807) is 0 Å². The van der Waals surface area contributed by atoms with Crippen LogP contribution >= 0.6 is 12.6 Å². The first-order chi connectivity index (χ1) is 6.90. The molecule has 0 fully saturated rings. The van der Waals surface area contributed by atoms with Crippen LogP contribution in [0.3, 0.4) is 0 Å². The zero-order valence-corrected chi connectivity index (χ0v) is 8.64. The number of H-pyrrole nitrogens is 1. The number of hydrogen-bond donors (Lipinski definition) is 2. The summed E-state index contributed by atoms with van der Waals surface area (Å²) in [6.07, 6.45) is 2.78. The third-order valence-corrected chi connectivity index (χ3v) is 2.25. The predicted molar refractivity (Wildman–Crippen MR) is 63.6 cm³/mol. The summed E-state index contributed by atoms with van der Waals surface area (Å²) in [7, 11) is 0. The molecule has 0 saturated heterocycles. The molecule has 2 aromatic rings. The van der Waals surface area contributed by atoms with Crippen molar-refractivity contribution in [3.63, 3.8) is 0 Å². The Morgan fingerprint density at radius 3 is 3.07 bits per heavy atom. The first-order valence-electron chi connectivity index (χ1n) is 4.57. The van der Waals surface area contributed by atoms with Crippen molar-refractivity contribution in [1.82, 2.24) is 4.98 Å². The van der Waals surface area contributed by atoms with E-state index in [1.807, 2.05) is 12.3 Å². The van der Waals surface area contributed by atoms with Crippen LogP contribution in [0.1, 0.15) is 12.0 Å². The van der Waals surface area contributed by atoms with Crippen molar-refractivity contribution >= 4 is 23.5 Å². The maximum Gasteiger partial charge on any atom is 0.0466 e. The molecule has 1 N–H and O–H groups in total. The highest BCUT2D eigenvalue weighted by atomic mass is 32.1. The highest BCUT2D eigenvalue weighted by Gasteiger charge is 1.93. The van der Waals surface area contributed by atoms with E-state index < -0.39 is 0 Å². The molecule has 1 nitrogen and oxygen atoms in total. The van der Waals surface area contributed by atoms with Crippen LogP contribution in [0.25, 0.3) is 10.9 Å². The predicted octanol–water partition coefficient (Wildman–Crippen LogP) is 2.84. The quantitative estimate of drug-likeness (QED) is 0.521. The van der Waals surface area contributed by atoms with Crippen molar-refractivity contribution in [3.05, 3.63) is 36.0 Å². The number of fused-ring (bicyclic) bond motifs is 1. The number of hydrogen-bond acceptors (Lipinski definition) is 1. The molecule has 2 rings (SSSR count). The van der Waals surface area contributed by atoms with Crippen molar-refractivity contribution < 1.29 is 0 Å². The summed E-state index contributed by atoms with van der Waals surface area (Å²) in [5.74, 6) is 6.99. The minimum absolute atomic E-state index is 0.817. The SMILES string of the molecule is SCCC#Cc1ccc2cc[nH]c2c1. The summed E-state index contributed by atoms with van der Waals surface area (Å²) in [6, 6.07) is 8.25. The second kappa shape index (κ2) is 4.26. The van der Waals surface area contributed by atoms with E-state index in [0.29, 0.717) is 0 Å². The van der Waals surface area contributed by atoms with E-state index in [9.17, 15) is 0 Å². The topological polar surface area (TPSA) is 15.8 Å². The minimum Gasteiger partial charge on any atom is -0.361 e. The third kappa shape index (κ3) is 1.94. The molecule has 0 aliphatic carbocycles. The van der Waals surface area contributed by atoms with Crippen molar-refractivity contribution in [1.29, 1.82) is 0 Å². The smallest absolute Gasteiger partial charge is 0.0466 e. The van der Waals surface area contributed by atoms with Crippen molar-refractivity contribution in [2.45, 2.75) is 6.42 Å². The number of thiol groups is 1. The molecule has 0 spiro atoms. The molecule has 0 aliphatic rings. The van der Waals surface area contributed by atoms with Gasteiger partial charge in [0.2, 0.25) is 0 Å². The lowest BCUT2D eigenvalue weighted by molar-refractivity contribution is 1.31. The zero-order valence-electron chi connectivity index (χ0n) is 7.75. The molecule has 1 heterocycles. The lowest BCUT2D eigenvalue weighted by Crippen LogP contribution is -1.75. The van der Waals surface area contributed by atoms with E-state index in [2.05, 4.69) is 47.7 Å². The molecule has 0 radical (unpaired) electrons. The zero-order chi connectivity index (χ0) is 9.80. The van der Waals surface area contributed by atoms with Crippen LogP contribution in [0.15, 0.2) is 30.5 Å². The maximum absolute atomic E-state index is 4.11. The van der Waals surface area contributed by atoms with Gasteiger partial charge in [-0.1, -0.05) is 17.9 Å². The van der Waals surface area contributed by atoms with Gasteiger partial charge in [-0.05, 0) is 23.6 Å². The van der Waals surface area contributed by atoms with Crippen LogP contribution in [0.5, 0.6) is 0 Å². The molecule has 0 atom stereocenters. The standard InChI is InChI=1S/C12H11NS/c14-8-2-1-3-10-4-5-11-6-7-13-12(11)9-10/h4-7,9,13-14H,2,8H2. The monoisotopic (exact) mass is 201 g/mol. The second-order valence-electron chi connectivity index (χ2n) is 3.06. The van der Waals surface area contributed by atoms with E-state index >= 15 is 0 Å². The molecule has 2 heteroatoms. The molecule has 14 heavy (non-hydrogen) atoms. The fraction of sp³-hybridized carbons (Fsp3) is 0.167. The Kier molecular flexibility index (Phi) is 2.81. The van der Waals surface area contributed by atoms with Crippen LogP contribution in [-0.4, -0.2) is 10.7 Å². The highest BCUT2D eigenvalue weighted by molar-refractivity contribution is 7.80. The summed E-state index contributed by atoms with van der Waals surface area (Å²) >= 11 is 4.11. The minimum atomic E-state index is 0.817. The largest absolute Gasteiger partial charge is 0.361 e. The maximum atomic E-state index is 4.11. The molecule has 0 saturated carbocycles. The first kappa shape index (κ1) is 9.23. The Morgan fingerprint density at radius 1 is 1.29 bits per heavy atom. The summed E-state index contributed by atoms with van der Waals surface area (Å²) < 4.78 is 0. The molecule has 0 unspecified atom stereocenters. The van der Waals surface area contributed by atoms with Crippen molar-refractivity contribution in [2.24, 2.45) is 0 Å². The van der Waals surface area contributed by atoms with Crippen LogP contribution < -0.4 is 0 Å². The van der Waals surface area contributed by atoms with E-state index in [-0.39, 0.29) is 0 Å². The third-order valence-electron chi connectivity index (χ3n) is 2.02. The highest BCUT2D eigenvalue weighted by Crippen LogP contribution is 2.13. The number of rotatable bonds is 1. The molecule has 1 aromatic heterocycles. The Bertz CT molecular complexity index is 487. The van der Waals surface area contributed by atoms with Crippen LogP contribution in [-0.2, 0) is 0 Å². The van der Waals surface area contributed by atoms with Crippen LogP contribution in [0.4, 0.5) is 0 Å². The number of aromatic nitrogens is 1. The Morgan fingerprint density at radius 2 is 2.21 bits per heavy atom. The lowest BCUT2D eigenvalue weighted by Gasteiger charge is -1.91. The fourth-order valence-electron chi connectivity index (χ4n) is 1.35. The van der Waals surface area contributed by atoms with Gasteiger partial charge in [0.25, 0.3) is 0 Å². The number of benzene rings is 1. The normalized spacial score (nSPS) is 9.79. The van der Waals surface area contributed by atoms with Crippen LogP contribution in [0, 0.1) is 11.8 Å². The average Bonchev–Trinajstić information content (AvgIpc) is 2.65. The van der Waals surface area contributed by atoms with Gasteiger partial charge in [-0.15, -0.1) is 0 Å². The molecule has 1 aromatic carbocycles. The molecule has 0 amide bonds. The fourth-order valence-corrected chi connectivity index (χ4v) is 1.46. The van der Waals surface area contributed by atoms with Gasteiger partial charge < -0.3 is 4.98 Å². The van der Waals surface area contributed by atoms with Gasteiger partial charge in [0.15, 0.2) is 0 Å². The van der Waals surface area contributed by atoms with Gasteiger partial charge in [0, 0.05) is 29.5 Å². The van der Waals surface area contributed by atoms with Gasteiger partial charge >= 0.3 is 0 Å². The van der Waals surface area contributed by atoms with Crippen molar-refractivity contribution in [2.75, 3.05) is 5.75 Å². The molecule has 0 aliphatic heterocycles.